The summed E-state index contributed by atoms with van der Waals surface area (Å²) < 4.78 is 0. The first kappa shape index (κ1) is 7.41. The summed E-state index contributed by atoms with van der Waals surface area (Å²) in [4.78, 5) is 0. The fourth-order valence-corrected chi connectivity index (χ4v) is 1.66. The van der Waals surface area contributed by atoms with Crippen molar-refractivity contribution in [3.63, 3.8) is 0 Å². The highest BCUT2D eigenvalue weighted by atomic mass is 16.3. The molecule has 1 N–H and O–H groups in total. The van der Waals surface area contributed by atoms with Crippen LogP contribution < -0.4 is 0 Å². The summed E-state index contributed by atoms with van der Waals surface area (Å²) in [6.45, 7) is 0. The summed E-state index contributed by atoms with van der Waals surface area (Å²) in [5.74, 6) is 0.408. The van der Waals surface area contributed by atoms with Gasteiger partial charge < -0.3 is 5.11 Å². The van der Waals surface area contributed by atoms with E-state index < -0.39 is 0 Å². The van der Waals surface area contributed by atoms with Crippen molar-refractivity contribution in [2.24, 2.45) is 0 Å². The van der Waals surface area contributed by atoms with Crippen LogP contribution in [0.4, 0.5) is 0 Å². The Labute approximate surface area is 72.4 Å². The Hall–Kier alpha value is -1.24. The van der Waals surface area contributed by atoms with E-state index in [1.54, 1.807) is 6.07 Å². The van der Waals surface area contributed by atoms with Crippen LogP contribution in [0.2, 0.25) is 0 Å². The molecule has 1 heteroatoms. The van der Waals surface area contributed by atoms with E-state index in [-0.39, 0.29) is 0 Å². The summed E-state index contributed by atoms with van der Waals surface area (Å²) in [7, 11) is 0. The smallest absolute Gasteiger partial charge is 0.123 e. The van der Waals surface area contributed by atoms with E-state index in [1.807, 2.05) is 18.2 Å². The number of phenols is 1. The molecular weight excluding hydrogens is 148 g/mol. The third-order valence-electron chi connectivity index (χ3n) is 2.29. The number of rotatable bonds is 1. The second-order valence-corrected chi connectivity index (χ2v) is 3.14. The lowest BCUT2D eigenvalue weighted by Crippen LogP contribution is -1.80. The minimum atomic E-state index is 0.408. The maximum absolute atomic E-state index is 9.53. The molecule has 0 unspecified atom stereocenters. The third-order valence-corrected chi connectivity index (χ3v) is 2.29. The molecule has 0 heterocycles. The zero-order valence-electron chi connectivity index (χ0n) is 6.96. The topological polar surface area (TPSA) is 20.2 Å². The molecule has 0 atom stereocenters. The van der Waals surface area contributed by atoms with Gasteiger partial charge in [-0.1, -0.05) is 24.3 Å². The molecule has 0 amide bonds. The van der Waals surface area contributed by atoms with E-state index in [9.17, 15) is 5.11 Å². The second kappa shape index (κ2) is 3.02. The summed E-state index contributed by atoms with van der Waals surface area (Å²) in [5.41, 5.74) is 2.31. The molecule has 1 nitrogen and oxygen atoms in total. The minimum absolute atomic E-state index is 0.408. The Balaban J connectivity index is 2.39. The molecule has 0 saturated heterocycles. The van der Waals surface area contributed by atoms with Crippen LogP contribution in [0.3, 0.4) is 0 Å². The monoisotopic (exact) mass is 160 g/mol. The largest absolute Gasteiger partial charge is 0.507 e. The van der Waals surface area contributed by atoms with Crippen molar-refractivity contribution >= 4 is 5.57 Å². The number of hydrogen-bond acceptors (Lipinski definition) is 1. The number of allylic oxidation sites excluding steroid dienone is 2. The van der Waals surface area contributed by atoms with Gasteiger partial charge in [-0.05, 0) is 30.9 Å². The Morgan fingerprint density at radius 2 is 2.00 bits per heavy atom. The number of benzene rings is 1. The highest BCUT2D eigenvalue weighted by Crippen LogP contribution is 2.32. The van der Waals surface area contributed by atoms with Crippen molar-refractivity contribution < 1.29 is 5.11 Å². The second-order valence-electron chi connectivity index (χ2n) is 3.14. The molecule has 1 aromatic rings. The molecule has 1 aliphatic rings. The van der Waals surface area contributed by atoms with Gasteiger partial charge in [0.1, 0.15) is 5.75 Å². The van der Waals surface area contributed by atoms with Crippen molar-refractivity contribution in [1.82, 2.24) is 0 Å². The molecule has 62 valence electrons. The van der Waals surface area contributed by atoms with Gasteiger partial charge in [0.05, 0.1) is 0 Å². The number of hydrogen-bond donors (Lipinski definition) is 1. The molecule has 0 radical (unpaired) electrons. The average Bonchev–Trinajstić information content (AvgIpc) is 2.57. The number of aromatic hydroxyl groups is 1. The van der Waals surface area contributed by atoms with Gasteiger partial charge in [-0.15, -0.1) is 0 Å². The van der Waals surface area contributed by atoms with Crippen LogP contribution in [0.5, 0.6) is 5.75 Å². The van der Waals surface area contributed by atoms with Crippen molar-refractivity contribution in [3.05, 3.63) is 35.9 Å². The van der Waals surface area contributed by atoms with Crippen LogP contribution in [0.1, 0.15) is 24.8 Å². The van der Waals surface area contributed by atoms with Gasteiger partial charge in [0.15, 0.2) is 0 Å². The SMILES string of the molecule is Oc1ccccc1C1=CCCC1. The van der Waals surface area contributed by atoms with E-state index in [0.29, 0.717) is 5.75 Å². The Bertz CT molecular complexity index is 313. The van der Waals surface area contributed by atoms with E-state index in [4.69, 9.17) is 0 Å². The zero-order valence-corrected chi connectivity index (χ0v) is 6.96. The lowest BCUT2D eigenvalue weighted by molar-refractivity contribution is 0.473. The van der Waals surface area contributed by atoms with Crippen LogP contribution in [0, 0.1) is 0 Å². The molecular formula is C11H12O. The lowest BCUT2D eigenvalue weighted by Gasteiger charge is -2.03. The molecule has 12 heavy (non-hydrogen) atoms. The van der Waals surface area contributed by atoms with E-state index in [0.717, 1.165) is 18.4 Å². The maximum atomic E-state index is 9.53. The molecule has 0 bridgehead atoms. The van der Waals surface area contributed by atoms with Crippen LogP contribution in [0.15, 0.2) is 30.3 Å². The van der Waals surface area contributed by atoms with Gasteiger partial charge in [0.25, 0.3) is 0 Å². The standard InChI is InChI=1S/C11H12O/c12-11-8-4-3-7-10(11)9-5-1-2-6-9/h3-5,7-8,12H,1-2,6H2. The molecule has 1 aliphatic carbocycles. The summed E-state index contributed by atoms with van der Waals surface area (Å²) in [6, 6.07) is 7.55. The Kier molecular flexibility index (Phi) is 1.86. The van der Waals surface area contributed by atoms with Crippen LogP contribution >= 0.6 is 0 Å². The summed E-state index contributed by atoms with van der Waals surface area (Å²) in [6.07, 6.45) is 5.71. The average molecular weight is 160 g/mol. The van der Waals surface area contributed by atoms with Gasteiger partial charge in [0, 0.05) is 5.56 Å². The number of phenolic OH excluding ortho intramolecular Hbond substituents is 1. The van der Waals surface area contributed by atoms with E-state index >= 15 is 0 Å². The van der Waals surface area contributed by atoms with Gasteiger partial charge in [0.2, 0.25) is 0 Å². The molecule has 0 aliphatic heterocycles. The first-order chi connectivity index (χ1) is 5.88. The predicted molar refractivity (Wildman–Crippen MR) is 49.9 cm³/mol. The van der Waals surface area contributed by atoms with E-state index in [2.05, 4.69) is 6.08 Å². The van der Waals surface area contributed by atoms with Crippen molar-refractivity contribution in [2.75, 3.05) is 0 Å². The molecule has 2 rings (SSSR count). The maximum Gasteiger partial charge on any atom is 0.123 e. The summed E-state index contributed by atoms with van der Waals surface area (Å²) >= 11 is 0. The quantitative estimate of drug-likeness (QED) is 0.669. The zero-order chi connectivity index (χ0) is 8.39. The molecule has 0 saturated carbocycles. The van der Waals surface area contributed by atoms with Crippen LogP contribution in [-0.2, 0) is 0 Å². The molecule has 0 aromatic heterocycles. The van der Waals surface area contributed by atoms with Crippen molar-refractivity contribution in [1.29, 1.82) is 0 Å². The van der Waals surface area contributed by atoms with Crippen LogP contribution in [-0.4, -0.2) is 5.11 Å². The fourth-order valence-electron chi connectivity index (χ4n) is 1.66. The third kappa shape index (κ3) is 1.22. The molecule has 0 fully saturated rings. The highest BCUT2D eigenvalue weighted by Gasteiger charge is 2.09. The van der Waals surface area contributed by atoms with Crippen molar-refractivity contribution in [2.45, 2.75) is 19.3 Å². The fraction of sp³-hybridized carbons (Fsp3) is 0.273. The van der Waals surface area contributed by atoms with E-state index in [1.165, 1.54) is 12.0 Å². The van der Waals surface area contributed by atoms with Crippen molar-refractivity contribution in [3.8, 4) is 5.75 Å². The first-order valence-corrected chi connectivity index (χ1v) is 4.35. The summed E-state index contributed by atoms with van der Waals surface area (Å²) in [5, 5.41) is 9.53. The lowest BCUT2D eigenvalue weighted by atomic mass is 10.0. The Morgan fingerprint density at radius 1 is 1.17 bits per heavy atom. The number of para-hydroxylation sites is 1. The van der Waals surface area contributed by atoms with Gasteiger partial charge >= 0.3 is 0 Å². The highest BCUT2D eigenvalue weighted by molar-refractivity contribution is 5.71. The van der Waals surface area contributed by atoms with Gasteiger partial charge in [-0.2, -0.15) is 0 Å². The minimum Gasteiger partial charge on any atom is -0.507 e. The predicted octanol–water partition coefficient (Wildman–Crippen LogP) is 2.96. The van der Waals surface area contributed by atoms with Gasteiger partial charge in [-0.25, -0.2) is 0 Å². The molecule has 0 spiro atoms. The van der Waals surface area contributed by atoms with Crippen LogP contribution in [0.25, 0.3) is 5.57 Å². The molecule has 1 aromatic carbocycles. The van der Waals surface area contributed by atoms with Gasteiger partial charge in [-0.3, -0.25) is 0 Å². The first-order valence-electron chi connectivity index (χ1n) is 4.35. The Morgan fingerprint density at radius 3 is 2.67 bits per heavy atom. The normalized spacial score (nSPS) is 16.2.